The fourth-order valence-corrected chi connectivity index (χ4v) is 1.57. The van der Waals surface area contributed by atoms with E-state index >= 15 is 0 Å². The Labute approximate surface area is 90.0 Å². The van der Waals surface area contributed by atoms with Crippen LogP contribution >= 0.6 is 0 Å². The van der Waals surface area contributed by atoms with Crippen molar-refractivity contribution in [2.45, 2.75) is 0 Å². The van der Waals surface area contributed by atoms with Crippen LogP contribution < -0.4 is 4.90 Å². The highest BCUT2D eigenvalue weighted by atomic mass is 15.1. The Morgan fingerprint density at radius 1 is 1.27 bits per heavy atom. The van der Waals surface area contributed by atoms with Crippen LogP contribution in [0.5, 0.6) is 0 Å². The normalized spacial score (nSPS) is 10.3. The molecular weight excluding hydrogens is 186 g/mol. The zero-order valence-electron chi connectivity index (χ0n) is 9.31. The van der Waals surface area contributed by atoms with Gasteiger partial charge in [-0.05, 0) is 12.1 Å². The van der Waals surface area contributed by atoms with Gasteiger partial charge in [0.05, 0.1) is 0 Å². The van der Waals surface area contributed by atoms with Crippen LogP contribution in [0.15, 0.2) is 36.7 Å². The Morgan fingerprint density at radius 2 is 2.07 bits per heavy atom. The summed E-state index contributed by atoms with van der Waals surface area (Å²) in [6.07, 6.45) is 3.77. The lowest BCUT2D eigenvalue weighted by molar-refractivity contribution is 0.924. The van der Waals surface area contributed by atoms with Gasteiger partial charge < -0.3 is 9.47 Å². The number of benzene rings is 1. The zero-order chi connectivity index (χ0) is 10.8. The van der Waals surface area contributed by atoms with Crippen LogP contribution in [0.3, 0.4) is 0 Å². The SMILES string of the molecule is CN(C)c1cccc(-c2nccn2C)c1. The van der Waals surface area contributed by atoms with Gasteiger partial charge in [-0.2, -0.15) is 0 Å². The van der Waals surface area contributed by atoms with Crippen LogP contribution in [0.25, 0.3) is 11.4 Å². The second-order valence-corrected chi connectivity index (χ2v) is 3.81. The van der Waals surface area contributed by atoms with Gasteiger partial charge in [-0.25, -0.2) is 4.98 Å². The minimum Gasteiger partial charge on any atom is -0.378 e. The van der Waals surface area contributed by atoms with Crippen molar-refractivity contribution in [3.05, 3.63) is 36.7 Å². The Balaban J connectivity index is 2.46. The van der Waals surface area contributed by atoms with E-state index in [0.29, 0.717) is 0 Å². The minimum atomic E-state index is 0.999. The van der Waals surface area contributed by atoms with Crippen molar-refractivity contribution in [2.24, 2.45) is 7.05 Å². The maximum Gasteiger partial charge on any atom is 0.139 e. The molecule has 1 aromatic heterocycles. The quantitative estimate of drug-likeness (QED) is 0.742. The number of rotatable bonds is 2. The van der Waals surface area contributed by atoms with Gasteiger partial charge in [0.15, 0.2) is 0 Å². The molecule has 0 aliphatic carbocycles. The molecule has 78 valence electrons. The number of anilines is 1. The first kappa shape index (κ1) is 9.77. The summed E-state index contributed by atoms with van der Waals surface area (Å²) in [5.41, 5.74) is 2.34. The molecule has 3 heteroatoms. The lowest BCUT2D eigenvalue weighted by Crippen LogP contribution is -2.08. The van der Waals surface area contributed by atoms with Crippen LogP contribution in [0.4, 0.5) is 5.69 Å². The van der Waals surface area contributed by atoms with Gasteiger partial charge in [-0.15, -0.1) is 0 Å². The third-order valence-corrected chi connectivity index (χ3v) is 2.44. The first-order valence-electron chi connectivity index (χ1n) is 4.93. The molecule has 2 rings (SSSR count). The van der Waals surface area contributed by atoms with Crippen molar-refractivity contribution < 1.29 is 0 Å². The number of aromatic nitrogens is 2. The van der Waals surface area contributed by atoms with E-state index < -0.39 is 0 Å². The number of aryl methyl sites for hydroxylation is 1. The molecule has 1 aromatic carbocycles. The largest absolute Gasteiger partial charge is 0.378 e. The monoisotopic (exact) mass is 201 g/mol. The Bertz CT molecular complexity index is 457. The zero-order valence-corrected chi connectivity index (χ0v) is 9.31. The van der Waals surface area contributed by atoms with E-state index in [1.165, 1.54) is 5.69 Å². The van der Waals surface area contributed by atoms with Crippen molar-refractivity contribution in [3.8, 4) is 11.4 Å². The summed E-state index contributed by atoms with van der Waals surface area (Å²) < 4.78 is 2.02. The molecule has 0 atom stereocenters. The van der Waals surface area contributed by atoms with Gasteiger partial charge in [-0.1, -0.05) is 12.1 Å². The van der Waals surface area contributed by atoms with Crippen molar-refractivity contribution in [1.29, 1.82) is 0 Å². The van der Waals surface area contributed by atoms with Gasteiger partial charge in [-0.3, -0.25) is 0 Å². The second kappa shape index (κ2) is 3.77. The van der Waals surface area contributed by atoms with Gasteiger partial charge in [0.2, 0.25) is 0 Å². The molecule has 0 bridgehead atoms. The van der Waals surface area contributed by atoms with Crippen LogP contribution in [-0.2, 0) is 7.05 Å². The molecule has 0 radical (unpaired) electrons. The molecule has 1 heterocycles. The second-order valence-electron chi connectivity index (χ2n) is 3.81. The highest BCUT2D eigenvalue weighted by molar-refractivity contribution is 5.63. The lowest BCUT2D eigenvalue weighted by Gasteiger charge is -2.13. The fraction of sp³-hybridized carbons (Fsp3) is 0.250. The minimum absolute atomic E-state index is 0.999. The average Bonchev–Trinajstić information content (AvgIpc) is 2.64. The van der Waals surface area contributed by atoms with E-state index in [1.807, 2.05) is 38.1 Å². The lowest BCUT2D eigenvalue weighted by atomic mass is 10.2. The summed E-state index contributed by atoms with van der Waals surface area (Å²) in [4.78, 5) is 6.42. The summed E-state index contributed by atoms with van der Waals surface area (Å²) in [5.74, 6) is 0.999. The van der Waals surface area contributed by atoms with Gasteiger partial charge in [0, 0.05) is 44.8 Å². The van der Waals surface area contributed by atoms with Crippen LogP contribution in [0, 0.1) is 0 Å². The molecule has 3 nitrogen and oxygen atoms in total. The summed E-state index contributed by atoms with van der Waals surface area (Å²) in [6.45, 7) is 0. The molecule has 0 saturated heterocycles. The van der Waals surface area contributed by atoms with E-state index in [-0.39, 0.29) is 0 Å². The van der Waals surface area contributed by atoms with Crippen LogP contribution in [0.1, 0.15) is 0 Å². The Hall–Kier alpha value is -1.77. The number of hydrogen-bond acceptors (Lipinski definition) is 2. The van der Waals surface area contributed by atoms with E-state index in [1.54, 1.807) is 0 Å². The van der Waals surface area contributed by atoms with E-state index in [9.17, 15) is 0 Å². The molecule has 0 amide bonds. The van der Waals surface area contributed by atoms with Crippen LogP contribution in [-0.4, -0.2) is 23.6 Å². The maximum atomic E-state index is 4.33. The molecule has 0 spiro atoms. The molecule has 0 N–H and O–H groups in total. The number of hydrogen-bond donors (Lipinski definition) is 0. The molecule has 15 heavy (non-hydrogen) atoms. The third kappa shape index (κ3) is 1.86. The molecule has 0 aliphatic rings. The summed E-state index contributed by atoms with van der Waals surface area (Å²) in [7, 11) is 6.08. The molecular formula is C12H15N3. The van der Waals surface area contributed by atoms with Crippen molar-refractivity contribution in [3.63, 3.8) is 0 Å². The number of nitrogens with zero attached hydrogens (tertiary/aromatic N) is 3. The van der Waals surface area contributed by atoms with Crippen molar-refractivity contribution in [1.82, 2.24) is 9.55 Å². The average molecular weight is 201 g/mol. The molecule has 2 aromatic rings. The fourth-order valence-electron chi connectivity index (χ4n) is 1.57. The molecule has 0 saturated carbocycles. The summed E-state index contributed by atoms with van der Waals surface area (Å²) in [5, 5.41) is 0. The standard InChI is InChI=1S/C12H15N3/c1-14(2)11-6-4-5-10(9-11)12-13-7-8-15(12)3/h4-9H,1-3H3. The highest BCUT2D eigenvalue weighted by Gasteiger charge is 2.04. The van der Waals surface area contributed by atoms with Crippen molar-refractivity contribution >= 4 is 5.69 Å². The smallest absolute Gasteiger partial charge is 0.139 e. The van der Waals surface area contributed by atoms with E-state index in [4.69, 9.17) is 0 Å². The Kier molecular flexibility index (Phi) is 2.46. The summed E-state index contributed by atoms with van der Waals surface area (Å²) in [6, 6.07) is 8.36. The molecule has 0 fully saturated rings. The van der Waals surface area contributed by atoms with E-state index in [2.05, 4.69) is 34.1 Å². The van der Waals surface area contributed by atoms with Gasteiger partial charge in [0.25, 0.3) is 0 Å². The van der Waals surface area contributed by atoms with Gasteiger partial charge >= 0.3 is 0 Å². The first-order valence-corrected chi connectivity index (χ1v) is 4.93. The first-order chi connectivity index (χ1) is 7.18. The van der Waals surface area contributed by atoms with Crippen molar-refractivity contribution in [2.75, 3.05) is 19.0 Å². The number of imidazole rings is 1. The predicted molar refractivity (Wildman–Crippen MR) is 63.0 cm³/mol. The van der Waals surface area contributed by atoms with E-state index in [0.717, 1.165) is 11.4 Å². The predicted octanol–water partition coefficient (Wildman–Crippen LogP) is 2.15. The van der Waals surface area contributed by atoms with Crippen LogP contribution in [0.2, 0.25) is 0 Å². The molecule has 0 aliphatic heterocycles. The maximum absolute atomic E-state index is 4.33. The Morgan fingerprint density at radius 3 is 2.67 bits per heavy atom. The summed E-state index contributed by atoms with van der Waals surface area (Å²) >= 11 is 0. The third-order valence-electron chi connectivity index (χ3n) is 2.44. The topological polar surface area (TPSA) is 21.1 Å². The highest BCUT2D eigenvalue weighted by Crippen LogP contribution is 2.21. The van der Waals surface area contributed by atoms with Gasteiger partial charge in [0.1, 0.15) is 5.82 Å². The molecule has 0 unspecified atom stereocenters.